The molecule has 30 heavy (non-hydrogen) atoms. The van der Waals surface area contributed by atoms with Gasteiger partial charge in [0, 0.05) is 18.2 Å². The van der Waals surface area contributed by atoms with Crippen LogP contribution >= 0.6 is 0 Å². The number of nitrogens with zero attached hydrogens (tertiary/aromatic N) is 2. The number of likely N-dealkylation sites (tertiary alicyclic amines) is 1. The Morgan fingerprint density at radius 3 is 2.60 bits per heavy atom. The molecule has 1 amide bonds. The number of nitrogens with one attached hydrogen (secondary N) is 1. The Morgan fingerprint density at radius 1 is 1.17 bits per heavy atom. The van der Waals surface area contributed by atoms with Crippen molar-refractivity contribution in [2.24, 2.45) is 0 Å². The second-order valence-electron chi connectivity index (χ2n) is 8.66. The molecule has 1 unspecified atom stereocenters. The Kier molecular flexibility index (Phi) is 6.72. The zero-order chi connectivity index (χ0) is 20.9. The third-order valence-electron chi connectivity index (χ3n) is 6.87. The Bertz CT molecular complexity index is 814. The number of carbonyl (C=O) groups is 1. The number of piperidine rings is 1. The lowest BCUT2D eigenvalue weighted by molar-refractivity contribution is -0.0242. The molecule has 0 bridgehead atoms. The lowest BCUT2D eigenvalue weighted by Gasteiger charge is -2.41. The predicted octanol–water partition coefficient (Wildman–Crippen LogP) is 4.78. The molecule has 1 saturated carbocycles. The van der Waals surface area contributed by atoms with E-state index in [4.69, 9.17) is 9.47 Å². The zero-order valence-electron chi connectivity index (χ0n) is 18.0. The fraction of sp³-hybridized carbons (Fsp3) is 0.583. The van der Waals surface area contributed by atoms with Crippen molar-refractivity contribution >= 4 is 6.09 Å². The van der Waals surface area contributed by atoms with Crippen molar-refractivity contribution in [1.82, 2.24) is 15.1 Å². The van der Waals surface area contributed by atoms with Crippen LogP contribution < -0.4 is 0 Å². The minimum atomic E-state index is -0.266. The highest BCUT2D eigenvalue weighted by atomic mass is 16.5. The number of methoxy groups -OCH3 is 1. The van der Waals surface area contributed by atoms with Gasteiger partial charge in [0.15, 0.2) is 0 Å². The molecule has 0 spiro atoms. The molecule has 1 aromatic heterocycles. The number of benzene rings is 1. The largest absolute Gasteiger partial charge is 0.453 e. The quantitative estimate of drug-likeness (QED) is 0.769. The van der Waals surface area contributed by atoms with Crippen LogP contribution in [-0.4, -0.2) is 53.6 Å². The molecule has 4 rings (SSSR count). The van der Waals surface area contributed by atoms with E-state index in [0.717, 1.165) is 49.8 Å². The minimum absolute atomic E-state index is 0.0304. The molecule has 2 atom stereocenters. The summed E-state index contributed by atoms with van der Waals surface area (Å²) in [5.41, 5.74) is 3.69. The number of H-pyrrole nitrogens is 1. The van der Waals surface area contributed by atoms with Crippen molar-refractivity contribution < 1.29 is 14.3 Å². The maximum absolute atomic E-state index is 12.5. The fourth-order valence-electron chi connectivity index (χ4n) is 5.20. The van der Waals surface area contributed by atoms with Gasteiger partial charge in [0.25, 0.3) is 0 Å². The lowest BCUT2D eigenvalue weighted by atomic mass is 9.82. The van der Waals surface area contributed by atoms with Gasteiger partial charge in [-0.25, -0.2) is 4.79 Å². The van der Waals surface area contributed by atoms with Crippen LogP contribution in [-0.2, 0) is 9.47 Å². The van der Waals surface area contributed by atoms with Gasteiger partial charge in [0.2, 0.25) is 0 Å². The number of aromatic nitrogens is 2. The van der Waals surface area contributed by atoms with Crippen molar-refractivity contribution in [1.29, 1.82) is 0 Å². The molecule has 2 aliphatic rings. The number of amides is 1. The van der Waals surface area contributed by atoms with E-state index < -0.39 is 0 Å². The van der Waals surface area contributed by atoms with Gasteiger partial charge in [-0.15, -0.1) is 0 Å². The lowest BCUT2D eigenvalue weighted by Crippen LogP contribution is -2.50. The third kappa shape index (κ3) is 4.53. The summed E-state index contributed by atoms with van der Waals surface area (Å²) < 4.78 is 11.5. The topological polar surface area (TPSA) is 67.5 Å². The molecular formula is C24H33N3O3. The van der Waals surface area contributed by atoms with Crippen LogP contribution in [0.2, 0.25) is 0 Å². The highest BCUT2D eigenvalue weighted by Gasteiger charge is 2.38. The minimum Gasteiger partial charge on any atom is -0.453 e. The van der Waals surface area contributed by atoms with Crippen molar-refractivity contribution in [3.05, 3.63) is 53.3 Å². The molecule has 1 N–H and O–H groups in total. The van der Waals surface area contributed by atoms with Gasteiger partial charge in [-0.3, -0.25) is 5.10 Å². The number of hydrogen-bond acceptors (Lipinski definition) is 4. The second kappa shape index (κ2) is 9.65. The van der Waals surface area contributed by atoms with Crippen molar-refractivity contribution in [2.75, 3.05) is 20.3 Å². The van der Waals surface area contributed by atoms with Gasteiger partial charge >= 0.3 is 6.09 Å². The first kappa shape index (κ1) is 20.9. The Hall–Kier alpha value is -2.34. The van der Waals surface area contributed by atoms with Crippen molar-refractivity contribution in [3.8, 4) is 0 Å². The highest BCUT2D eigenvalue weighted by Crippen LogP contribution is 2.36. The number of carbonyl (C=O) groups excluding carboxylic acids is 1. The highest BCUT2D eigenvalue weighted by molar-refractivity contribution is 5.68. The van der Waals surface area contributed by atoms with Gasteiger partial charge < -0.3 is 14.4 Å². The van der Waals surface area contributed by atoms with E-state index in [1.807, 2.05) is 11.1 Å². The maximum atomic E-state index is 12.5. The SMILES string of the molecule is COC(=O)N1CCC[C@H](c2[nH]ncc2C)C1CO[C@H]1CC[C@@H](c2ccccc2)CC1. The molecule has 6 heteroatoms. The summed E-state index contributed by atoms with van der Waals surface area (Å²) in [5.74, 6) is 0.827. The van der Waals surface area contributed by atoms with Gasteiger partial charge in [-0.2, -0.15) is 5.10 Å². The summed E-state index contributed by atoms with van der Waals surface area (Å²) in [6.07, 6.45) is 8.27. The summed E-state index contributed by atoms with van der Waals surface area (Å²) in [5, 5.41) is 7.37. The van der Waals surface area contributed by atoms with Crippen molar-refractivity contribution in [2.45, 2.75) is 69.4 Å². The van der Waals surface area contributed by atoms with Crippen LogP contribution in [0.25, 0.3) is 0 Å². The Balaban J connectivity index is 1.40. The van der Waals surface area contributed by atoms with Crippen LogP contribution in [0.1, 0.15) is 67.2 Å². The monoisotopic (exact) mass is 411 g/mol. The van der Waals surface area contributed by atoms with E-state index in [-0.39, 0.29) is 24.2 Å². The molecule has 1 aromatic carbocycles. The van der Waals surface area contributed by atoms with Gasteiger partial charge in [0.1, 0.15) is 0 Å². The van der Waals surface area contributed by atoms with E-state index in [2.05, 4.69) is 47.5 Å². The number of rotatable bonds is 5. The first-order valence-corrected chi connectivity index (χ1v) is 11.2. The molecule has 2 heterocycles. The third-order valence-corrected chi connectivity index (χ3v) is 6.87. The Labute approximate surface area is 178 Å². The molecule has 0 radical (unpaired) electrons. The normalized spacial score (nSPS) is 27.1. The average molecular weight is 412 g/mol. The summed E-state index contributed by atoms with van der Waals surface area (Å²) in [6, 6.07) is 10.8. The van der Waals surface area contributed by atoms with Crippen LogP contribution in [0, 0.1) is 6.92 Å². The van der Waals surface area contributed by atoms with Gasteiger partial charge in [-0.05, 0) is 62.5 Å². The van der Waals surface area contributed by atoms with Gasteiger partial charge in [-0.1, -0.05) is 30.3 Å². The predicted molar refractivity (Wildman–Crippen MR) is 116 cm³/mol. The van der Waals surface area contributed by atoms with Crippen LogP contribution in [0.3, 0.4) is 0 Å². The van der Waals surface area contributed by atoms with Crippen LogP contribution in [0.4, 0.5) is 4.79 Å². The molecule has 1 saturated heterocycles. The molecule has 2 aromatic rings. The van der Waals surface area contributed by atoms with E-state index in [9.17, 15) is 4.79 Å². The van der Waals surface area contributed by atoms with E-state index in [1.165, 1.54) is 12.7 Å². The standard InChI is InChI=1S/C24H33N3O3/c1-17-15-25-26-23(17)21-9-6-14-27(24(28)29-2)22(21)16-30-20-12-10-19(11-13-20)18-7-4-3-5-8-18/h3-5,7-8,15,19-22H,6,9-14,16H2,1-2H3,(H,25,26)/t19-,20+,21-,22?/m0/s1. The molecule has 6 nitrogen and oxygen atoms in total. The zero-order valence-corrected chi connectivity index (χ0v) is 18.0. The van der Waals surface area contributed by atoms with Crippen LogP contribution in [0.5, 0.6) is 0 Å². The number of aryl methyl sites for hydroxylation is 1. The maximum Gasteiger partial charge on any atom is 0.409 e. The van der Waals surface area contributed by atoms with Gasteiger partial charge in [0.05, 0.1) is 32.1 Å². The molecule has 162 valence electrons. The first-order chi connectivity index (χ1) is 14.7. The summed E-state index contributed by atoms with van der Waals surface area (Å²) in [6.45, 7) is 3.32. The average Bonchev–Trinajstić information content (AvgIpc) is 3.23. The Morgan fingerprint density at radius 2 is 1.93 bits per heavy atom. The summed E-state index contributed by atoms with van der Waals surface area (Å²) in [4.78, 5) is 14.3. The summed E-state index contributed by atoms with van der Waals surface area (Å²) in [7, 11) is 1.45. The van der Waals surface area contributed by atoms with E-state index in [1.54, 1.807) is 0 Å². The number of aromatic amines is 1. The number of hydrogen-bond donors (Lipinski definition) is 1. The molecule has 1 aliphatic carbocycles. The second-order valence-corrected chi connectivity index (χ2v) is 8.66. The fourth-order valence-corrected chi connectivity index (χ4v) is 5.20. The first-order valence-electron chi connectivity index (χ1n) is 11.2. The van der Waals surface area contributed by atoms with E-state index >= 15 is 0 Å². The molecule has 1 aliphatic heterocycles. The smallest absolute Gasteiger partial charge is 0.409 e. The summed E-state index contributed by atoms with van der Waals surface area (Å²) >= 11 is 0. The molecular weight excluding hydrogens is 378 g/mol. The number of ether oxygens (including phenoxy) is 2. The van der Waals surface area contributed by atoms with Crippen molar-refractivity contribution in [3.63, 3.8) is 0 Å². The van der Waals surface area contributed by atoms with Crippen LogP contribution in [0.15, 0.2) is 36.5 Å². The van der Waals surface area contributed by atoms with E-state index in [0.29, 0.717) is 19.1 Å². The molecule has 2 fully saturated rings.